The summed E-state index contributed by atoms with van der Waals surface area (Å²) >= 11 is 3.59. The molecule has 3 rings (SSSR count). The van der Waals surface area contributed by atoms with Gasteiger partial charge in [0.2, 0.25) is 0 Å². The Morgan fingerprint density at radius 1 is 1.26 bits per heavy atom. The summed E-state index contributed by atoms with van der Waals surface area (Å²) in [6, 6.07) is 11.9. The lowest BCUT2D eigenvalue weighted by molar-refractivity contribution is 0.618. The molecule has 19 heavy (non-hydrogen) atoms. The highest BCUT2D eigenvalue weighted by atomic mass is 79.9. The predicted octanol–water partition coefficient (Wildman–Crippen LogP) is 5.00. The van der Waals surface area contributed by atoms with Crippen LogP contribution in [0, 0.1) is 12.7 Å². The standard InChI is InChI=1S/C16H15BrFN/c1-10-5-6-11(9-15(10)18)19-16-8-7-12-13(16)3-2-4-14(12)17/h2-6,9,16,19H,7-8H2,1H3. The first-order valence-electron chi connectivity index (χ1n) is 6.45. The van der Waals surface area contributed by atoms with Crippen molar-refractivity contribution >= 4 is 21.6 Å². The lowest BCUT2D eigenvalue weighted by atomic mass is 10.1. The average Bonchev–Trinajstić information content (AvgIpc) is 2.79. The molecule has 0 heterocycles. The van der Waals surface area contributed by atoms with Gasteiger partial charge in [0, 0.05) is 10.2 Å². The van der Waals surface area contributed by atoms with Crippen LogP contribution in [0.25, 0.3) is 0 Å². The molecule has 0 aliphatic heterocycles. The predicted molar refractivity (Wildman–Crippen MR) is 80.0 cm³/mol. The maximum Gasteiger partial charge on any atom is 0.128 e. The van der Waals surface area contributed by atoms with Crippen LogP contribution >= 0.6 is 15.9 Å². The van der Waals surface area contributed by atoms with Gasteiger partial charge in [-0.3, -0.25) is 0 Å². The normalized spacial score (nSPS) is 17.3. The highest BCUT2D eigenvalue weighted by molar-refractivity contribution is 9.10. The molecule has 1 N–H and O–H groups in total. The highest BCUT2D eigenvalue weighted by Gasteiger charge is 2.23. The van der Waals surface area contributed by atoms with E-state index in [4.69, 9.17) is 0 Å². The van der Waals surface area contributed by atoms with Gasteiger partial charge in [-0.25, -0.2) is 4.39 Å². The Labute approximate surface area is 121 Å². The summed E-state index contributed by atoms with van der Waals surface area (Å²) in [5.41, 5.74) is 4.21. The summed E-state index contributed by atoms with van der Waals surface area (Å²) in [5, 5.41) is 3.43. The van der Waals surface area contributed by atoms with Crippen LogP contribution in [0.2, 0.25) is 0 Å². The largest absolute Gasteiger partial charge is 0.378 e. The molecular weight excluding hydrogens is 305 g/mol. The number of aryl methyl sites for hydroxylation is 1. The molecule has 3 heteroatoms. The van der Waals surface area contributed by atoms with Gasteiger partial charge in [0.1, 0.15) is 5.82 Å². The monoisotopic (exact) mass is 319 g/mol. The van der Waals surface area contributed by atoms with Crippen molar-refractivity contribution in [2.24, 2.45) is 0 Å². The minimum Gasteiger partial charge on any atom is -0.378 e. The molecule has 0 amide bonds. The van der Waals surface area contributed by atoms with E-state index in [1.807, 2.05) is 12.1 Å². The Morgan fingerprint density at radius 3 is 2.89 bits per heavy atom. The first kappa shape index (κ1) is 12.7. The zero-order valence-electron chi connectivity index (χ0n) is 10.7. The number of rotatable bonds is 2. The van der Waals surface area contributed by atoms with Crippen molar-refractivity contribution in [1.82, 2.24) is 0 Å². The van der Waals surface area contributed by atoms with Crippen molar-refractivity contribution in [3.8, 4) is 0 Å². The van der Waals surface area contributed by atoms with Crippen molar-refractivity contribution < 1.29 is 4.39 Å². The van der Waals surface area contributed by atoms with E-state index >= 15 is 0 Å². The van der Waals surface area contributed by atoms with Crippen molar-refractivity contribution in [2.75, 3.05) is 5.32 Å². The Kier molecular flexibility index (Phi) is 3.31. The minimum absolute atomic E-state index is 0.155. The Bertz CT molecular complexity index is 624. The van der Waals surface area contributed by atoms with Crippen LogP contribution in [0.1, 0.15) is 29.2 Å². The lowest BCUT2D eigenvalue weighted by Gasteiger charge is -2.16. The van der Waals surface area contributed by atoms with Crippen LogP contribution in [0.15, 0.2) is 40.9 Å². The number of hydrogen-bond acceptors (Lipinski definition) is 1. The maximum atomic E-state index is 13.6. The molecule has 1 aliphatic carbocycles. The third kappa shape index (κ3) is 2.39. The summed E-state index contributed by atoms with van der Waals surface area (Å²) < 4.78 is 14.7. The number of fused-ring (bicyclic) bond motifs is 1. The Hall–Kier alpha value is -1.35. The molecular formula is C16H15BrFN. The van der Waals surface area contributed by atoms with E-state index in [9.17, 15) is 4.39 Å². The zero-order valence-corrected chi connectivity index (χ0v) is 12.3. The molecule has 0 saturated carbocycles. The zero-order chi connectivity index (χ0) is 13.4. The second kappa shape index (κ2) is 4.97. The van der Waals surface area contributed by atoms with E-state index in [1.54, 1.807) is 13.0 Å². The first-order chi connectivity index (χ1) is 9.15. The third-order valence-corrected chi connectivity index (χ3v) is 4.47. The summed E-state index contributed by atoms with van der Waals surface area (Å²) in [6.07, 6.45) is 2.11. The smallest absolute Gasteiger partial charge is 0.128 e. The minimum atomic E-state index is -0.155. The molecule has 0 radical (unpaired) electrons. The van der Waals surface area contributed by atoms with E-state index in [0.717, 1.165) is 18.5 Å². The van der Waals surface area contributed by atoms with Gasteiger partial charge in [-0.15, -0.1) is 0 Å². The fourth-order valence-electron chi connectivity index (χ4n) is 2.64. The van der Waals surface area contributed by atoms with Gasteiger partial charge in [0.15, 0.2) is 0 Å². The maximum absolute atomic E-state index is 13.6. The Balaban J connectivity index is 1.86. The number of hydrogen-bond donors (Lipinski definition) is 1. The summed E-state index contributed by atoms with van der Waals surface area (Å²) in [4.78, 5) is 0. The SMILES string of the molecule is Cc1ccc(NC2CCc3c(Br)cccc32)cc1F. The average molecular weight is 320 g/mol. The van der Waals surface area contributed by atoms with Crippen molar-refractivity contribution in [1.29, 1.82) is 0 Å². The fourth-order valence-corrected chi connectivity index (χ4v) is 3.22. The molecule has 0 spiro atoms. The lowest BCUT2D eigenvalue weighted by Crippen LogP contribution is -2.07. The fraction of sp³-hybridized carbons (Fsp3) is 0.250. The van der Waals surface area contributed by atoms with Gasteiger partial charge < -0.3 is 5.32 Å². The topological polar surface area (TPSA) is 12.0 Å². The molecule has 0 fully saturated rings. The molecule has 0 bridgehead atoms. The number of benzene rings is 2. The first-order valence-corrected chi connectivity index (χ1v) is 7.24. The van der Waals surface area contributed by atoms with Gasteiger partial charge in [0.25, 0.3) is 0 Å². The molecule has 1 unspecified atom stereocenters. The Morgan fingerprint density at radius 2 is 2.11 bits per heavy atom. The molecule has 0 saturated heterocycles. The van der Waals surface area contributed by atoms with Crippen LogP contribution in [0.4, 0.5) is 10.1 Å². The van der Waals surface area contributed by atoms with Crippen LogP contribution in [-0.2, 0) is 6.42 Å². The van der Waals surface area contributed by atoms with Gasteiger partial charge in [-0.1, -0.05) is 34.1 Å². The van der Waals surface area contributed by atoms with Crippen molar-refractivity contribution in [2.45, 2.75) is 25.8 Å². The van der Waals surface area contributed by atoms with Crippen LogP contribution in [0.5, 0.6) is 0 Å². The second-order valence-corrected chi connectivity index (χ2v) is 5.86. The molecule has 1 atom stereocenters. The van der Waals surface area contributed by atoms with E-state index in [1.165, 1.54) is 15.6 Å². The molecule has 2 aromatic rings. The highest BCUT2D eigenvalue weighted by Crippen LogP contribution is 2.37. The summed E-state index contributed by atoms with van der Waals surface area (Å²) in [7, 11) is 0. The molecule has 0 aromatic heterocycles. The molecule has 98 valence electrons. The number of halogens is 2. The van der Waals surface area contributed by atoms with Gasteiger partial charge in [0.05, 0.1) is 6.04 Å². The van der Waals surface area contributed by atoms with E-state index in [2.05, 4.69) is 39.4 Å². The summed E-state index contributed by atoms with van der Waals surface area (Å²) in [5.74, 6) is -0.155. The molecule has 1 aliphatic rings. The quantitative estimate of drug-likeness (QED) is 0.821. The van der Waals surface area contributed by atoms with Crippen LogP contribution in [0.3, 0.4) is 0 Å². The van der Waals surface area contributed by atoms with Gasteiger partial charge in [-0.05, 0) is 54.7 Å². The van der Waals surface area contributed by atoms with E-state index in [0.29, 0.717) is 5.56 Å². The number of nitrogens with one attached hydrogen (secondary N) is 1. The van der Waals surface area contributed by atoms with E-state index in [-0.39, 0.29) is 11.9 Å². The number of anilines is 1. The summed E-state index contributed by atoms with van der Waals surface area (Å²) in [6.45, 7) is 1.78. The van der Waals surface area contributed by atoms with Crippen LogP contribution < -0.4 is 5.32 Å². The van der Waals surface area contributed by atoms with Crippen LogP contribution in [-0.4, -0.2) is 0 Å². The van der Waals surface area contributed by atoms with Crippen molar-refractivity contribution in [3.05, 3.63) is 63.4 Å². The van der Waals surface area contributed by atoms with Crippen molar-refractivity contribution in [3.63, 3.8) is 0 Å². The third-order valence-electron chi connectivity index (χ3n) is 3.73. The molecule has 2 aromatic carbocycles. The van der Waals surface area contributed by atoms with E-state index < -0.39 is 0 Å². The van der Waals surface area contributed by atoms with Gasteiger partial charge in [-0.2, -0.15) is 0 Å². The second-order valence-electron chi connectivity index (χ2n) is 5.01. The van der Waals surface area contributed by atoms with Gasteiger partial charge >= 0.3 is 0 Å². The molecule has 1 nitrogen and oxygen atoms in total.